The van der Waals surface area contributed by atoms with Gasteiger partial charge in [0.25, 0.3) is 15.9 Å². The second kappa shape index (κ2) is 11.7. The minimum Gasteiger partial charge on any atom is -0.461 e. The molecule has 1 aliphatic rings. The number of sulfonamides is 1. The summed E-state index contributed by atoms with van der Waals surface area (Å²) in [4.78, 5) is 40.0. The van der Waals surface area contributed by atoms with Crippen molar-refractivity contribution >= 4 is 27.8 Å². The van der Waals surface area contributed by atoms with Crippen LogP contribution >= 0.6 is 0 Å². The van der Waals surface area contributed by atoms with Crippen LogP contribution in [-0.2, 0) is 26.0 Å². The van der Waals surface area contributed by atoms with E-state index in [1.165, 1.54) is 30.7 Å². The number of nitrogens with one attached hydrogen (secondary N) is 2. The van der Waals surface area contributed by atoms with E-state index in [4.69, 9.17) is 4.74 Å². The number of benzene rings is 1. The number of amides is 2. The van der Waals surface area contributed by atoms with Gasteiger partial charge in [0.1, 0.15) is 5.69 Å². The topological polar surface area (TPSA) is 132 Å². The van der Waals surface area contributed by atoms with Gasteiger partial charge in [0, 0.05) is 18.7 Å². The number of hydrogen-bond acceptors (Lipinski definition) is 7. The minimum absolute atomic E-state index is 0.0121. The van der Waals surface area contributed by atoms with Gasteiger partial charge < -0.3 is 10.1 Å². The van der Waals surface area contributed by atoms with Crippen LogP contribution in [0.25, 0.3) is 0 Å². The van der Waals surface area contributed by atoms with Crippen molar-refractivity contribution in [1.29, 1.82) is 0 Å². The number of esters is 1. The third-order valence-electron chi connectivity index (χ3n) is 5.66. The molecular formula is C24H29N3O6S. The largest absolute Gasteiger partial charge is 0.461 e. The van der Waals surface area contributed by atoms with Gasteiger partial charge in [-0.1, -0.05) is 31.4 Å². The molecular weight excluding hydrogens is 458 g/mol. The van der Waals surface area contributed by atoms with Gasteiger partial charge in [0.15, 0.2) is 0 Å². The van der Waals surface area contributed by atoms with E-state index in [0.29, 0.717) is 13.0 Å². The molecule has 0 saturated heterocycles. The first-order valence-corrected chi connectivity index (χ1v) is 12.9. The Kier molecular flexibility index (Phi) is 8.75. The molecule has 9 nitrogen and oxygen atoms in total. The van der Waals surface area contributed by atoms with E-state index < -0.39 is 21.9 Å². The molecule has 0 atom stereocenters. The molecule has 0 spiro atoms. The molecule has 2 aromatic rings. The van der Waals surface area contributed by atoms with E-state index in [9.17, 15) is 22.8 Å². The van der Waals surface area contributed by atoms with Crippen LogP contribution in [0, 0.1) is 5.92 Å². The lowest BCUT2D eigenvalue weighted by Gasteiger charge is -2.20. The second-order valence-corrected chi connectivity index (χ2v) is 9.79. The molecule has 0 aliphatic heterocycles. The van der Waals surface area contributed by atoms with Gasteiger partial charge in [-0.25, -0.2) is 22.9 Å². The van der Waals surface area contributed by atoms with Gasteiger partial charge >= 0.3 is 5.97 Å². The SMILES string of the molecule is CCOC(=O)c1ccc(C(=O)NS(=O)(=O)c2ccc(CCNC(=O)C3CCCCC3)cc2)cn1. The predicted molar refractivity (Wildman–Crippen MR) is 125 cm³/mol. The third kappa shape index (κ3) is 6.86. The molecule has 1 aromatic carbocycles. The molecule has 2 N–H and O–H groups in total. The van der Waals surface area contributed by atoms with E-state index in [1.54, 1.807) is 19.1 Å². The monoisotopic (exact) mass is 487 g/mol. The summed E-state index contributed by atoms with van der Waals surface area (Å²) in [5, 5.41) is 2.96. The van der Waals surface area contributed by atoms with Gasteiger partial charge in [0.05, 0.1) is 17.1 Å². The fourth-order valence-corrected chi connectivity index (χ4v) is 4.74. The highest BCUT2D eigenvalue weighted by molar-refractivity contribution is 7.90. The molecule has 0 radical (unpaired) electrons. The summed E-state index contributed by atoms with van der Waals surface area (Å²) in [6, 6.07) is 8.73. The average Bonchev–Trinajstić information content (AvgIpc) is 2.85. The molecule has 0 bridgehead atoms. The first-order chi connectivity index (χ1) is 16.3. The minimum atomic E-state index is -4.10. The lowest BCUT2D eigenvalue weighted by Crippen LogP contribution is -2.33. The smallest absolute Gasteiger partial charge is 0.356 e. The number of hydrogen-bond donors (Lipinski definition) is 2. The Hall–Kier alpha value is -3.27. The molecule has 34 heavy (non-hydrogen) atoms. The van der Waals surface area contributed by atoms with Gasteiger partial charge in [-0.3, -0.25) is 9.59 Å². The lowest BCUT2D eigenvalue weighted by molar-refractivity contribution is -0.125. The zero-order chi connectivity index (χ0) is 24.6. The first kappa shape index (κ1) is 25.4. The van der Waals surface area contributed by atoms with Crippen molar-refractivity contribution in [2.45, 2.75) is 50.3 Å². The van der Waals surface area contributed by atoms with Crippen molar-refractivity contribution in [3.63, 3.8) is 0 Å². The van der Waals surface area contributed by atoms with Gasteiger partial charge in [-0.2, -0.15) is 0 Å². The van der Waals surface area contributed by atoms with Crippen molar-refractivity contribution in [2.75, 3.05) is 13.2 Å². The number of ether oxygens (including phenoxy) is 1. The maximum absolute atomic E-state index is 12.6. The highest BCUT2D eigenvalue weighted by Gasteiger charge is 2.21. The van der Waals surface area contributed by atoms with Gasteiger partial charge in [-0.15, -0.1) is 0 Å². The van der Waals surface area contributed by atoms with Crippen LogP contribution in [0.2, 0.25) is 0 Å². The Labute approximate surface area is 199 Å². The van der Waals surface area contributed by atoms with E-state index in [1.807, 2.05) is 4.72 Å². The van der Waals surface area contributed by atoms with Crippen molar-refractivity contribution < 1.29 is 27.5 Å². The molecule has 1 saturated carbocycles. The maximum Gasteiger partial charge on any atom is 0.356 e. The zero-order valence-electron chi connectivity index (χ0n) is 19.1. The molecule has 2 amide bonds. The Morgan fingerprint density at radius 1 is 1.03 bits per heavy atom. The molecule has 182 valence electrons. The molecule has 1 aliphatic carbocycles. The van der Waals surface area contributed by atoms with E-state index >= 15 is 0 Å². The summed E-state index contributed by atoms with van der Waals surface area (Å²) >= 11 is 0. The fourth-order valence-electron chi connectivity index (χ4n) is 3.77. The fraction of sp³-hybridized carbons (Fsp3) is 0.417. The predicted octanol–water partition coefficient (Wildman–Crippen LogP) is 2.62. The van der Waals surface area contributed by atoms with Crippen LogP contribution in [0.1, 0.15) is 65.4 Å². The second-order valence-electron chi connectivity index (χ2n) is 8.11. The van der Waals surface area contributed by atoms with Crippen LogP contribution in [-0.4, -0.2) is 44.3 Å². The van der Waals surface area contributed by atoms with Crippen LogP contribution in [0.15, 0.2) is 47.5 Å². The molecule has 0 unspecified atom stereocenters. The summed E-state index contributed by atoms with van der Waals surface area (Å²) < 4.78 is 32.0. The number of aromatic nitrogens is 1. The average molecular weight is 488 g/mol. The molecule has 1 heterocycles. The Morgan fingerprint density at radius 2 is 1.74 bits per heavy atom. The van der Waals surface area contributed by atoms with Crippen molar-refractivity contribution in [3.05, 3.63) is 59.4 Å². The number of nitrogens with zero attached hydrogens (tertiary/aromatic N) is 1. The highest BCUT2D eigenvalue weighted by atomic mass is 32.2. The summed E-state index contributed by atoms with van der Waals surface area (Å²) in [6.07, 6.45) is 6.95. The normalized spacial score (nSPS) is 14.3. The van der Waals surface area contributed by atoms with Crippen molar-refractivity contribution in [2.24, 2.45) is 5.92 Å². The summed E-state index contributed by atoms with van der Waals surface area (Å²) in [5.74, 6) is -1.30. The number of carbonyl (C=O) groups is 3. The van der Waals surface area contributed by atoms with E-state index in [0.717, 1.165) is 37.4 Å². The Bertz CT molecular complexity index is 1110. The zero-order valence-corrected chi connectivity index (χ0v) is 19.9. The van der Waals surface area contributed by atoms with E-state index in [2.05, 4.69) is 10.3 Å². The quantitative estimate of drug-likeness (QED) is 0.520. The molecule has 1 fully saturated rings. The van der Waals surface area contributed by atoms with Crippen LogP contribution in [0.5, 0.6) is 0 Å². The number of rotatable bonds is 9. The Morgan fingerprint density at radius 3 is 2.35 bits per heavy atom. The molecule has 10 heteroatoms. The molecule has 3 rings (SSSR count). The van der Waals surface area contributed by atoms with Crippen LogP contribution < -0.4 is 10.0 Å². The molecule has 1 aromatic heterocycles. The summed E-state index contributed by atoms with van der Waals surface area (Å²) in [7, 11) is -4.10. The number of pyridine rings is 1. The third-order valence-corrected chi connectivity index (χ3v) is 7.01. The van der Waals surface area contributed by atoms with Crippen molar-refractivity contribution in [3.8, 4) is 0 Å². The number of carbonyl (C=O) groups excluding carboxylic acids is 3. The lowest BCUT2D eigenvalue weighted by atomic mass is 9.88. The van der Waals surface area contributed by atoms with E-state index in [-0.39, 0.29) is 34.6 Å². The van der Waals surface area contributed by atoms with Gasteiger partial charge in [0.2, 0.25) is 5.91 Å². The van der Waals surface area contributed by atoms with Gasteiger partial charge in [-0.05, 0) is 56.0 Å². The standard InChI is InChI=1S/C24H29N3O6S/c1-2-33-24(30)21-13-10-19(16-26-21)23(29)27-34(31,32)20-11-8-17(9-12-20)14-15-25-22(28)18-6-4-3-5-7-18/h8-13,16,18H,2-7,14-15H2,1H3,(H,25,28)(H,27,29). The maximum atomic E-state index is 12.6. The summed E-state index contributed by atoms with van der Waals surface area (Å²) in [5.41, 5.74) is 0.877. The van der Waals surface area contributed by atoms with Crippen molar-refractivity contribution in [1.82, 2.24) is 15.0 Å². The highest BCUT2D eigenvalue weighted by Crippen LogP contribution is 2.23. The van der Waals surface area contributed by atoms with Crippen LogP contribution in [0.4, 0.5) is 0 Å². The first-order valence-electron chi connectivity index (χ1n) is 11.4. The Balaban J connectivity index is 1.53. The summed E-state index contributed by atoms with van der Waals surface area (Å²) in [6.45, 7) is 2.33. The van der Waals surface area contributed by atoms with Crippen LogP contribution in [0.3, 0.4) is 0 Å².